The van der Waals surface area contributed by atoms with Crippen molar-refractivity contribution >= 4 is 23.6 Å². The van der Waals surface area contributed by atoms with Gasteiger partial charge in [0.25, 0.3) is 0 Å². The van der Waals surface area contributed by atoms with Gasteiger partial charge in [0.15, 0.2) is 0 Å². The summed E-state index contributed by atoms with van der Waals surface area (Å²) in [5, 5.41) is 0. The maximum Gasteiger partial charge on any atom is 0.249 e. The Balaban J connectivity index is 1.62. The lowest BCUT2D eigenvalue weighted by Crippen LogP contribution is -2.57. The smallest absolute Gasteiger partial charge is 0.249 e. The van der Waals surface area contributed by atoms with Crippen LogP contribution in [0.2, 0.25) is 0 Å². The molecule has 6 nitrogen and oxygen atoms in total. The van der Waals surface area contributed by atoms with E-state index in [-0.39, 0.29) is 24.9 Å². The number of carbonyl (C=O) groups excluding carboxylic acids is 4. The number of unbranched alkanes of at least 4 members (excludes halogenated alkanes) is 8. The van der Waals surface area contributed by atoms with Gasteiger partial charge in [-0.2, -0.15) is 0 Å². The molecule has 1 heterocycles. The highest BCUT2D eigenvalue weighted by atomic mass is 16.2. The van der Waals surface area contributed by atoms with Gasteiger partial charge in [-0.25, -0.2) is 0 Å². The van der Waals surface area contributed by atoms with Crippen molar-refractivity contribution in [3.8, 4) is 0 Å². The third-order valence-corrected chi connectivity index (χ3v) is 5.99. The van der Waals surface area contributed by atoms with Crippen molar-refractivity contribution in [3.63, 3.8) is 0 Å². The van der Waals surface area contributed by atoms with Crippen molar-refractivity contribution in [1.82, 2.24) is 9.80 Å². The van der Waals surface area contributed by atoms with Gasteiger partial charge >= 0.3 is 0 Å². The van der Waals surface area contributed by atoms with Gasteiger partial charge in [-0.15, -0.1) is 0 Å². The first-order chi connectivity index (χ1) is 14.0. The normalized spacial score (nSPS) is 17.1. The molecule has 1 saturated heterocycles. The van der Waals surface area contributed by atoms with Crippen LogP contribution in [-0.4, -0.2) is 46.5 Å². The first kappa shape index (κ1) is 23.6. The van der Waals surface area contributed by atoms with Crippen LogP contribution in [0.25, 0.3) is 0 Å². The van der Waals surface area contributed by atoms with E-state index in [1.807, 2.05) is 0 Å². The lowest BCUT2D eigenvalue weighted by Gasteiger charge is -2.31. The average Bonchev–Trinajstić information content (AvgIpc) is 3.52. The summed E-state index contributed by atoms with van der Waals surface area (Å²) in [4.78, 5) is 51.3. The summed E-state index contributed by atoms with van der Waals surface area (Å²) in [7, 11) is 0. The van der Waals surface area contributed by atoms with Crippen molar-refractivity contribution in [3.05, 3.63) is 0 Å². The van der Waals surface area contributed by atoms with Crippen molar-refractivity contribution < 1.29 is 19.2 Å². The molecule has 0 atom stereocenters. The molecule has 1 saturated carbocycles. The summed E-state index contributed by atoms with van der Waals surface area (Å²) in [5.41, 5.74) is 0. The standard InChI is InChI=1S/C23H38N2O4/c1-2-3-4-5-6-10-13-20(26)24-17-23(29)25(18-22(24)28)21(27)14-11-8-7-9-12-19-15-16-19/h19H,2-18H2,1H3. The van der Waals surface area contributed by atoms with E-state index in [9.17, 15) is 19.2 Å². The van der Waals surface area contributed by atoms with Gasteiger partial charge < -0.3 is 0 Å². The molecule has 29 heavy (non-hydrogen) atoms. The van der Waals surface area contributed by atoms with E-state index in [1.165, 1.54) is 44.9 Å². The maximum absolute atomic E-state index is 12.3. The average molecular weight is 407 g/mol. The highest BCUT2D eigenvalue weighted by Gasteiger charge is 2.36. The monoisotopic (exact) mass is 406 g/mol. The third-order valence-electron chi connectivity index (χ3n) is 5.99. The molecule has 4 amide bonds. The number of amides is 4. The molecule has 1 aliphatic heterocycles. The second-order valence-corrected chi connectivity index (χ2v) is 8.66. The van der Waals surface area contributed by atoms with Crippen LogP contribution in [-0.2, 0) is 19.2 Å². The Labute approximate surface area is 175 Å². The Morgan fingerprint density at radius 2 is 1.17 bits per heavy atom. The molecule has 2 rings (SSSR count). The van der Waals surface area contributed by atoms with Crippen LogP contribution in [0.5, 0.6) is 0 Å². The second-order valence-electron chi connectivity index (χ2n) is 8.66. The van der Waals surface area contributed by atoms with Crippen LogP contribution >= 0.6 is 0 Å². The minimum absolute atomic E-state index is 0.284. The Morgan fingerprint density at radius 1 is 0.724 bits per heavy atom. The van der Waals surface area contributed by atoms with Crippen molar-refractivity contribution in [1.29, 1.82) is 0 Å². The van der Waals surface area contributed by atoms with E-state index < -0.39 is 11.8 Å². The Morgan fingerprint density at radius 3 is 1.66 bits per heavy atom. The Kier molecular flexibility index (Phi) is 10.4. The van der Waals surface area contributed by atoms with Crippen LogP contribution in [0, 0.1) is 5.92 Å². The number of rotatable bonds is 14. The molecule has 0 aromatic heterocycles. The zero-order valence-electron chi connectivity index (χ0n) is 18.1. The summed E-state index contributed by atoms with van der Waals surface area (Å²) >= 11 is 0. The van der Waals surface area contributed by atoms with E-state index in [1.54, 1.807) is 0 Å². The van der Waals surface area contributed by atoms with Gasteiger partial charge in [0.2, 0.25) is 23.6 Å². The van der Waals surface area contributed by atoms with Crippen molar-refractivity contribution in [2.24, 2.45) is 5.92 Å². The van der Waals surface area contributed by atoms with Crippen LogP contribution in [0.3, 0.4) is 0 Å². The molecule has 0 aromatic rings. The quantitative estimate of drug-likeness (QED) is 0.405. The third kappa shape index (κ3) is 8.67. The molecular weight excluding hydrogens is 368 g/mol. The largest absolute Gasteiger partial charge is 0.274 e. The fourth-order valence-corrected chi connectivity index (χ4v) is 3.87. The zero-order chi connectivity index (χ0) is 21.1. The van der Waals surface area contributed by atoms with Crippen LogP contribution in [0.1, 0.15) is 103 Å². The maximum atomic E-state index is 12.3. The summed E-state index contributed by atoms with van der Waals surface area (Å²) in [6.07, 6.45) is 15.1. The molecule has 0 N–H and O–H groups in total. The van der Waals surface area contributed by atoms with E-state index in [0.717, 1.165) is 54.2 Å². The highest BCUT2D eigenvalue weighted by molar-refractivity contribution is 6.08. The van der Waals surface area contributed by atoms with E-state index in [0.29, 0.717) is 12.8 Å². The lowest BCUT2D eigenvalue weighted by molar-refractivity contribution is -0.162. The van der Waals surface area contributed by atoms with Gasteiger partial charge in [0.05, 0.1) is 0 Å². The summed E-state index contributed by atoms with van der Waals surface area (Å²) in [6.45, 7) is 1.58. The van der Waals surface area contributed by atoms with Crippen molar-refractivity contribution in [2.45, 2.75) is 103 Å². The van der Waals surface area contributed by atoms with Crippen LogP contribution in [0.15, 0.2) is 0 Å². The Bertz CT molecular complexity index is 571. The molecule has 164 valence electrons. The molecule has 0 bridgehead atoms. The Hall–Kier alpha value is -1.72. The number of hydrogen-bond donors (Lipinski definition) is 0. The number of hydrogen-bond acceptors (Lipinski definition) is 4. The molecule has 0 spiro atoms. The molecule has 0 unspecified atom stereocenters. The fourth-order valence-electron chi connectivity index (χ4n) is 3.87. The predicted molar refractivity (Wildman–Crippen MR) is 112 cm³/mol. The van der Waals surface area contributed by atoms with Gasteiger partial charge in [-0.1, -0.05) is 77.6 Å². The molecular formula is C23H38N2O4. The number of piperazine rings is 1. The number of nitrogens with zero attached hydrogens (tertiary/aromatic N) is 2. The minimum atomic E-state index is -0.432. The molecule has 0 aromatic carbocycles. The van der Waals surface area contributed by atoms with Crippen LogP contribution < -0.4 is 0 Å². The molecule has 0 radical (unpaired) electrons. The van der Waals surface area contributed by atoms with Gasteiger partial charge in [-0.3, -0.25) is 29.0 Å². The summed E-state index contributed by atoms with van der Waals surface area (Å²) < 4.78 is 0. The molecule has 1 aliphatic carbocycles. The van der Waals surface area contributed by atoms with Gasteiger partial charge in [0.1, 0.15) is 13.1 Å². The second kappa shape index (κ2) is 12.8. The van der Waals surface area contributed by atoms with Gasteiger partial charge in [0, 0.05) is 12.8 Å². The topological polar surface area (TPSA) is 74.8 Å². The lowest BCUT2D eigenvalue weighted by atomic mass is 10.1. The molecule has 2 aliphatic rings. The summed E-state index contributed by atoms with van der Waals surface area (Å²) in [6, 6.07) is 0. The minimum Gasteiger partial charge on any atom is -0.274 e. The summed E-state index contributed by atoms with van der Waals surface area (Å²) in [5.74, 6) is -0.492. The predicted octanol–water partition coefficient (Wildman–Crippen LogP) is 4.21. The number of carbonyl (C=O) groups is 4. The molecule has 2 fully saturated rings. The zero-order valence-corrected chi connectivity index (χ0v) is 18.1. The first-order valence-corrected chi connectivity index (χ1v) is 11.7. The fraction of sp³-hybridized carbons (Fsp3) is 0.826. The van der Waals surface area contributed by atoms with E-state index in [4.69, 9.17) is 0 Å². The van der Waals surface area contributed by atoms with Crippen molar-refractivity contribution in [2.75, 3.05) is 13.1 Å². The molecule has 6 heteroatoms. The van der Waals surface area contributed by atoms with Crippen LogP contribution in [0.4, 0.5) is 0 Å². The van der Waals surface area contributed by atoms with E-state index >= 15 is 0 Å². The SMILES string of the molecule is CCCCCCCCC(=O)N1CC(=O)N(C(=O)CCCCCCC2CC2)CC1=O. The first-order valence-electron chi connectivity index (χ1n) is 11.7. The highest BCUT2D eigenvalue weighted by Crippen LogP contribution is 2.34. The van der Waals surface area contributed by atoms with Gasteiger partial charge in [-0.05, 0) is 18.8 Å². The van der Waals surface area contributed by atoms with E-state index in [2.05, 4.69) is 6.92 Å². The number of imide groups is 2.